The smallest absolute Gasteiger partial charge is 0.346 e. The Morgan fingerprint density at radius 2 is 0.589 bits per heavy atom. The number of allylic oxidation sites excluding steroid dienone is 1. The normalized spacial score (nSPS) is 13.7. The Balaban J connectivity index is 1.34. The molecular weight excluding hydrogens is 917 g/mol. The van der Waals surface area contributed by atoms with Crippen molar-refractivity contribution in [3.8, 4) is 46.0 Å². The van der Waals surface area contributed by atoms with E-state index < -0.39 is 23.9 Å². The molecule has 0 unspecified atom stereocenters. The topological polar surface area (TPSA) is 124 Å². The highest BCUT2D eigenvalue weighted by Crippen LogP contribution is 2.57. The lowest BCUT2D eigenvalue weighted by atomic mass is 9.82. The van der Waals surface area contributed by atoms with Gasteiger partial charge in [0.1, 0.15) is 46.0 Å². The predicted molar refractivity (Wildman–Crippen MR) is 284 cm³/mol. The summed E-state index contributed by atoms with van der Waals surface area (Å²) >= 11 is 0. The van der Waals surface area contributed by atoms with Gasteiger partial charge in [-0.05, 0) is 118 Å². The lowest BCUT2D eigenvalue weighted by Crippen LogP contribution is -2.21. The number of ether oxygens (including phenoxy) is 6. The zero-order chi connectivity index (χ0) is 51.6. The monoisotopic (exact) mass is 968 g/mol. The van der Waals surface area contributed by atoms with Crippen LogP contribution in [0.3, 0.4) is 0 Å². The van der Waals surface area contributed by atoms with Crippen molar-refractivity contribution in [3.05, 3.63) is 172 Å². The van der Waals surface area contributed by atoms with E-state index in [0.717, 1.165) is 27.8 Å². The number of hydrogen-bond acceptors (Lipinski definition) is 10. The van der Waals surface area contributed by atoms with Crippen molar-refractivity contribution in [2.45, 2.75) is 85.5 Å². The molecule has 2 aliphatic rings. The van der Waals surface area contributed by atoms with Crippen LogP contribution in [0.25, 0.3) is 48.7 Å². The molecule has 73 heavy (non-hydrogen) atoms. The molecule has 2 heterocycles. The summed E-state index contributed by atoms with van der Waals surface area (Å²) in [6.07, 6.45) is 0. The van der Waals surface area contributed by atoms with Gasteiger partial charge in [-0.2, -0.15) is 0 Å². The standard InChI is InChI=1S/C63H52O10/c1-32(2)33-12-20-37(21-13-33)68-45-28-41-49-42(58(65)72-57(41)64)30-47(70-39-24-16-35(17-25-39)62(6,7)8)53-54-48(71-40-26-18-36(19-27-40)63(9,10)11)31-44-50-43(59(66)73-60(44)67)29-46(52(56(50)54)51(45)55(49)53)69-38-22-14-34(15-23-38)61(3,4)5/h12-31H,1H2,2-11H3. The van der Waals surface area contributed by atoms with Gasteiger partial charge >= 0.3 is 23.9 Å². The fraction of sp³-hybridized carbons (Fsp3) is 0.206. The van der Waals surface area contributed by atoms with Crippen LogP contribution >= 0.6 is 0 Å². The van der Waals surface area contributed by atoms with E-state index in [4.69, 9.17) is 28.4 Å². The second-order valence-corrected chi connectivity index (χ2v) is 22.1. The molecule has 0 aromatic heterocycles. The highest BCUT2D eigenvalue weighted by Gasteiger charge is 2.39. The number of hydrogen-bond donors (Lipinski definition) is 0. The predicted octanol–water partition coefficient (Wildman–Crippen LogP) is 16.5. The van der Waals surface area contributed by atoms with Crippen molar-refractivity contribution in [1.29, 1.82) is 0 Å². The van der Waals surface area contributed by atoms with Gasteiger partial charge in [-0.1, -0.05) is 123 Å². The minimum absolute atomic E-state index is 0.0671. The van der Waals surface area contributed by atoms with E-state index in [0.29, 0.717) is 55.3 Å². The number of cyclic esters (lactones) is 4. The van der Waals surface area contributed by atoms with E-state index in [1.165, 1.54) is 0 Å². The fourth-order valence-corrected chi connectivity index (χ4v) is 9.90. The molecule has 0 N–H and O–H groups in total. The van der Waals surface area contributed by atoms with E-state index in [1.807, 2.05) is 91.9 Å². The van der Waals surface area contributed by atoms with Crippen LogP contribution in [-0.4, -0.2) is 23.9 Å². The van der Waals surface area contributed by atoms with Crippen LogP contribution in [0.15, 0.2) is 128 Å². The highest BCUT2D eigenvalue weighted by atomic mass is 16.6. The minimum atomic E-state index is -0.876. The maximum Gasteiger partial charge on any atom is 0.346 e. The zero-order valence-electron chi connectivity index (χ0n) is 42.3. The summed E-state index contributed by atoms with van der Waals surface area (Å²) in [5.74, 6) is -0.997. The molecule has 0 radical (unpaired) electrons. The number of carbonyl (C=O) groups excluding carboxylic acids is 4. The Hall–Kier alpha value is -8.50. The van der Waals surface area contributed by atoms with Crippen molar-refractivity contribution in [3.63, 3.8) is 0 Å². The molecular formula is C63H52O10. The fourth-order valence-electron chi connectivity index (χ4n) is 9.90. The number of benzene rings is 9. The van der Waals surface area contributed by atoms with Crippen LogP contribution in [0, 0.1) is 0 Å². The molecule has 9 aromatic rings. The quantitative estimate of drug-likeness (QED) is 0.0598. The van der Waals surface area contributed by atoms with Crippen LogP contribution < -0.4 is 18.9 Å². The summed E-state index contributed by atoms with van der Waals surface area (Å²) in [5.41, 5.74) is 4.75. The first kappa shape index (κ1) is 46.9. The first-order valence-corrected chi connectivity index (χ1v) is 24.2. The van der Waals surface area contributed by atoms with E-state index in [-0.39, 0.29) is 72.3 Å². The van der Waals surface area contributed by atoms with Crippen molar-refractivity contribution < 1.29 is 47.6 Å². The molecule has 0 atom stereocenters. The first-order chi connectivity index (χ1) is 34.5. The molecule has 0 saturated heterocycles. The van der Waals surface area contributed by atoms with Gasteiger partial charge in [0, 0.05) is 43.1 Å². The lowest BCUT2D eigenvalue weighted by molar-refractivity contribution is 0.0373. The Labute approximate surface area is 422 Å². The number of carbonyl (C=O) groups is 4. The molecule has 0 fully saturated rings. The Morgan fingerprint density at radius 1 is 0.356 bits per heavy atom. The summed E-state index contributed by atoms with van der Waals surface area (Å²) < 4.78 is 38.8. The third kappa shape index (κ3) is 7.98. The van der Waals surface area contributed by atoms with Gasteiger partial charge < -0.3 is 28.4 Å². The average molecular weight is 969 g/mol. The van der Waals surface area contributed by atoms with Crippen LogP contribution in [0.2, 0.25) is 0 Å². The molecule has 2 aliphatic heterocycles. The lowest BCUT2D eigenvalue weighted by Gasteiger charge is -2.28. The molecule has 0 bridgehead atoms. The molecule has 0 aliphatic carbocycles. The summed E-state index contributed by atoms with van der Waals surface area (Å²) in [6.45, 7) is 25.1. The highest BCUT2D eigenvalue weighted by molar-refractivity contribution is 6.43. The largest absolute Gasteiger partial charge is 0.457 e. The van der Waals surface area contributed by atoms with Gasteiger partial charge in [0.05, 0.1) is 22.3 Å². The van der Waals surface area contributed by atoms with Crippen LogP contribution in [0.4, 0.5) is 0 Å². The molecule has 10 heteroatoms. The Bertz CT molecular complexity index is 3820. The molecule has 364 valence electrons. The van der Waals surface area contributed by atoms with Crippen molar-refractivity contribution in [2.24, 2.45) is 0 Å². The number of esters is 4. The maximum atomic E-state index is 14.2. The molecule has 11 rings (SSSR count). The second-order valence-electron chi connectivity index (χ2n) is 22.1. The van der Waals surface area contributed by atoms with Gasteiger partial charge in [-0.3, -0.25) is 0 Å². The summed E-state index contributed by atoms with van der Waals surface area (Å²) in [7, 11) is 0. The third-order valence-corrected chi connectivity index (χ3v) is 13.8. The van der Waals surface area contributed by atoms with Crippen LogP contribution in [0.5, 0.6) is 46.0 Å². The maximum absolute atomic E-state index is 14.2. The van der Waals surface area contributed by atoms with Crippen LogP contribution in [0.1, 0.15) is 133 Å². The third-order valence-electron chi connectivity index (χ3n) is 13.8. The molecule has 0 spiro atoms. The molecule has 0 amide bonds. The van der Waals surface area contributed by atoms with Gasteiger partial charge in [0.25, 0.3) is 0 Å². The average Bonchev–Trinajstić information content (AvgIpc) is 3.34. The van der Waals surface area contributed by atoms with Gasteiger partial charge in [0.2, 0.25) is 0 Å². The summed E-state index contributed by atoms with van der Waals surface area (Å²) in [5, 5.41) is 2.90. The minimum Gasteiger partial charge on any atom is -0.457 e. The Morgan fingerprint density at radius 3 is 0.808 bits per heavy atom. The molecule has 0 saturated carbocycles. The van der Waals surface area contributed by atoms with Gasteiger partial charge in [-0.25, -0.2) is 19.2 Å². The van der Waals surface area contributed by atoms with Crippen molar-refractivity contribution in [1.82, 2.24) is 0 Å². The second kappa shape index (κ2) is 16.5. The van der Waals surface area contributed by atoms with Gasteiger partial charge in [-0.15, -0.1) is 0 Å². The van der Waals surface area contributed by atoms with Crippen molar-refractivity contribution >= 4 is 72.5 Å². The molecule has 9 aromatic carbocycles. The van der Waals surface area contributed by atoms with Gasteiger partial charge in [0.15, 0.2) is 0 Å². The van der Waals surface area contributed by atoms with Crippen LogP contribution in [-0.2, 0) is 25.7 Å². The van der Waals surface area contributed by atoms with E-state index >= 15 is 0 Å². The summed E-state index contributed by atoms with van der Waals surface area (Å²) in [6, 6.07) is 36.7. The first-order valence-electron chi connectivity index (χ1n) is 24.2. The van der Waals surface area contributed by atoms with E-state index in [1.54, 1.807) is 36.4 Å². The number of fused-ring (bicyclic) bond motifs is 2. The SMILES string of the molecule is C=C(C)c1ccc(Oc2cc3c4c(cc(Oc5ccc(C(C)(C)C)cc5)c5c6c(Oc7ccc(C(C)(C)C)cc7)cc7c8c(cc(Oc9ccc(C(C)(C)C)cc9)c(c2c45)c86)C(=O)OC7=O)C(=O)OC3=O)cc1. The summed E-state index contributed by atoms with van der Waals surface area (Å²) in [4.78, 5) is 56.9. The Kier molecular flexibility index (Phi) is 10.6. The molecule has 10 nitrogen and oxygen atoms in total. The van der Waals surface area contributed by atoms with E-state index in [2.05, 4.69) is 68.9 Å². The zero-order valence-corrected chi connectivity index (χ0v) is 42.3. The van der Waals surface area contributed by atoms with Crippen molar-refractivity contribution in [2.75, 3.05) is 0 Å². The van der Waals surface area contributed by atoms with E-state index in [9.17, 15) is 19.2 Å². The number of rotatable bonds is 9.